The number of amides is 1. The van der Waals surface area contributed by atoms with Gasteiger partial charge in [-0.3, -0.25) is 9.59 Å². The Balaban J connectivity index is 2.26. The highest BCUT2D eigenvalue weighted by Gasteiger charge is 2.47. The molecule has 1 saturated heterocycles. The molecule has 19 heavy (non-hydrogen) atoms. The lowest BCUT2D eigenvalue weighted by Crippen LogP contribution is -2.43. The van der Waals surface area contributed by atoms with E-state index in [0.717, 1.165) is 0 Å². The maximum atomic E-state index is 11.9. The number of hydrogen-bond donors (Lipinski definition) is 0. The highest BCUT2D eigenvalue weighted by Crippen LogP contribution is 2.38. The van der Waals surface area contributed by atoms with Crippen LogP contribution >= 0.6 is 0 Å². The van der Waals surface area contributed by atoms with Crippen molar-refractivity contribution in [2.24, 2.45) is 11.8 Å². The van der Waals surface area contributed by atoms with Crippen LogP contribution in [0.2, 0.25) is 0 Å². The molecule has 0 aliphatic carbocycles. The van der Waals surface area contributed by atoms with Crippen LogP contribution in [0.1, 0.15) is 20.3 Å². The minimum Gasteiger partial charge on any atom is -0.466 e. The van der Waals surface area contributed by atoms with E-state index in [1.807, 2.05) is 6.07 Å². The molecule has 0 unspecified atom stereocenters. The molecule has 102 valence electrons. The van der Waals surface area contributed by atoms with Crippen molar-refractivity contribution < 1.29 is 19.1 Å². The first-order chi connectivity index (χ1) is 9.08. The fourth-order valence-electron chi connectivity index (χ4n) is 2.63. The van der Waals surface area contributed by atoms with Crippen LogP contribution in [0, 0.1) is 23.2 Å². The van der Waals surface area contributed by atoms with Gasteiger partial charge in [-0.2, -0.15) is 5.26 Å². The fourth-order valence-corrected chi connectivity index (χ4v) is 2.63. The van der Waals surface area contributed by atoms with E-state index in [0.29, 0.717) is 19.6 Å². The molecule has 0 aromatic carbocycles. The van der Waals surface area contributed by atoms with Crippen LogP contribution in [-0.4, -0.2) is 36.2 Å². The summed E-state index contributed by atoms with van der Waals surface area (Å²) < 4.78 is 10.5. The number of nitrogens with zero attached hydrogens (tertiary/aromatic N) is 2. The topological polar surface area (TPSA) is 79.6 Å². The summed E-state index contributed by atoms with van der Waals surface area (Å²) in [6.07, 6.45) is 1.64. The molecule has 1 fully saturated rings. The van der Waals surface area contributed by atoms with Gasteiger partial charge in [-0.25, -0.2) is 0 Å². The standard InChI is InChI=1S/C13H16N2O4/c1-3-18-13(17)11-6-9(7-14)19-12-10(11)4-5-15(12)8(2)16/h6,10-12H,3-5H2,1-2H3/t10-,11+,12+/m0/s1. The highest BCUT2D eigenvalue weighted by molar-refractivity contribution is 5.77. The second-order valence-corrected chi connectivity index (χ2v) is 4.59. The van der Waals surface area contributed by atoms with Crippen molar-refractivity contribution in [3.8, 4) is 6.07 Å². The predicted molar refractivity (Wildman–Crippen MR) is 64.2 cm³/mol. The molecule has 1 amide bonds. The van der Waals surface area contributed by atoms with Gasteiger partial charge in [-0.05, 0) is 19.4 Å². The number of carbonyl (C=O) groups excluding carboxylic acids is 2. The summed E-state index contributed by atoms with van der Waals surface area (Å²) in [6, 6.07) is 1.90. The fraction of sp³-hybridized carbons (Fsp3) is 0.615. The van der Waals surface area contributed by atoms with Crippen LogP contribution in [0.15, 0.2) is 11.8 Å². The Kier molecular flexibility index (Phi) is 3.74. The van der Waals surface area contributed by atoms with Gasteiger partial charge in [-0.1, -0.05) is 0 Å². The Bertz CT molecular complexity index is 466. The number of hydrogen-bond acceptors (Lipinski definition) is 5. The minimum atomic E-state index is -0.536. The molecule has 6 heteroatoms. The van der Waals surface area contributed by atoms with Gasteiger partial charge in [0.2, 0.25) is 5.91 Å². The summed E-state index contributed by atoms with van der Waals surface area (Å²) in [7, 11) is 0. The van der Waals surface area contributed by atoms with Gasteiger partial charge in [0.15, 0.2) is 12.0 Å². The van der Waals surface area contributed by atoms with E-state index in [4.69, 9.17) is 14.7 Å². The molecule has 3 atom stereocenters. The van der Waals surface area contributed by atoms with Gasteiger partial charge in [-0.15, -0.1) is 0 Å². The molecule has 0 aromatic rings. The third-order valence-corrected chi connectivity index (χ3v) is 3.49. The van der Waals surface area contributed by atoms with Gasteiger partial charge in [0.1, 0.15) is 6.07 Å². The Morgan fingerprint density at radius 2 is 2.37 bits per heavy atom. The molecular formula is C13H16N2O4. The lowest BCUT2D eigenvalue weighted by Gasteiger charge is -2.33. The molecule has 6 nitrogen and oxygen atoms in total. The molecule has 0 aromatic heterocycles. The SMILES string of the molecule is CCOC(=O)[C@@H]1C=C(C#N)O[C@@H]2[C@H]1CCN2C(C)=O. The summed E-state index contributed by atoms with van der Waals surface area (Å²) in [5, 5.41) is 8.97. The van der Waals surface area contributed by atoms with E-state index in [9.17, 15) is 9.59 Å². The predicted octanol–water partition coefficient (Wildman–Crippen LogP) is 0.798. The van der Waals surface area contributed by atoms with Crippen LogP contribution in [0.25, 0.3) is 0 Å². The first-order valence-electron chi connectivity index (χ1n) is 6.31. The monoisotopic (exact) mass is 264 g/mol. The molecule has 0 spiro atoms. The van der Waals surface area contributed by atoms with Crippen LogP contribution in [0.5, 0.6) is 0 Å². The molecule has 0 saturated carbocycles. The third-order valence-electron chi connectivity index (χ3n) is 3.49. The summed E-state index contributed by atoms with van der Waals surface area (Å²) in [6.45, 7) is 4.02. The van der Waals surface area contributed by atoms with Crippen molar-refractivity contribution in [3.63, 3.8) is 0 Å². The van der Waals surface area contributed by atoms with Gasteiger partial charge in [0, 0.05) is 19.4 Å². The van der Waals surface area contributed by atoms with Crippen LogP contribution in [0.4, 0.5) is 0 Å². The van der Waals surface area contributed by atoms with E-state index < -0.39 is 12.1 Å². The summed E-state index contributed by atoms with van der Waals surface area (Å²) >= 11 is 0. The number of rotatable bonds is 2. The molecule has 0 bridgehead atoms. The quantitative estimate of drug-likeness (QED) is 0.689. The van der Waals surface area contributed by atoms with Gasteiger partial charge in [0.05, 0.1) is 12.5 Å². The Hall–Kier alpha value is -2.03. The maximum absolute atomic E-state index is 11.9. The van der Waals surface area contributed by atoms with Gasteiger partial charge in [0.25, 0.3) is 0 Å². The molecule has 0 radical (unpaired) electrons. The van der Waals surface area contributed by atoms with Crippen LogP contribution in [0.3, 0.4) is 0 Å². The average Bonchev–Trinajstić information content (AvgIpc) is 2.81. The number of esters is 1. The smallest absolute Gasteiger partial charge is 0.313 e. The second kappa shape index (κ2) is 5.31. The van der Waals surface area contributed by atoms with E-state index in [1.54, 1.807) is 11.8 Å². The summed E-state index contributed by atoms with van der Waals surface area (Å²) in [5.41, 5.74) is 0. The first kappa shape index (κ1) is 13.4. The largest absolute Gasteiger partial charge is 0.466 e. The van der Waals surface area contributed by atoms with E-state index in [-0.39, 0.29) is 23.6 Å². The maximum Gasteiger partial charge on any atom is 0.313 e. The molecule has 2 aliphatic rings. The Morgan fingerprint density at radius 1 is 1.63 bits per heavy atom. The zero-order valence-electron chi connectivity index (χ0n) is 11.0. The Morgan fingerprint density at radius 3 is 2.95 bits per heavy atom. The number of fused-ring (bicyclic) bond motifs is 1. The molecule has 2 heterocycles. The van der Waals surface area contributed by atoms with Crippen molar-refractivity contribution in [1.82, 2.24) is 4.90 Å². The summed E-state index contributed by atoms with van der Waals surface area (Å²) in [4.78, 5) is 25.0. The van der Waals surface area contributed by atoms with Crippen molar-refractivity contribution in [2.75, 3.05) is 13.2 Å². The molecular weight excluding hydrogens is 248 g/mol. The van der Waals surface area contributed by atoms with Crippen molar-refractivity contribution in [3.05, 3.63) is 11.8 Å². The van der Waals surface area contributed by atoms with E-state index in [2.05, 4.69) is 0 Å². The number of allylic oxidation sites excluding steroid dienone is 1. The van der Waals surface area contributed by atoms with Crippen LogP contribution in [-0.2, 0) is 19.1 Å². The zero-order chi connectivity index (χ0) is 14.0. The molecule has 2 rings (SSSR count). The van der Waals surface area contributed by atoms with Crippen molar-refractivity contribution in [2.45, 2.75) is 26.5 Å². The molecule has 2 aliphatic heterocycles. The van der Waals surface area contributed by atoms with Crippen LogP contribution < -0.4 is 0 Å². The average molecular weight is 264 g/mol. The third kappa shape index (κ3) is 2.41. The summed E-state index contributed by atoms with van der Waals surface area (Å²) in [5.74, 6) is -1.06. The lowest BCUT2D eigenvalue weighted by atomic mass is 9.88. The number of carbonyl (C=O) groups is 2. The second-order valence-electron chi connectivity index (χ2n) is 4.59. The number of likely N-dealkylation sites (tertiary alicyclic amines) is 1. The van der Waals surface area contributed by atoms with Crippen molar-refractivity contribution >= 4 is 11.9 Å². The Labute approximate surface area is 111 Å². The van der Waals surface area contributed by atoms with Crippen molar-refractivity contribution in [1.29, 1.82) is 5.26 Å². The number of ether oxygens (including phenoxy) is 2. The highest BCUT2D eigenvalue weighted by atomic mass is 16.5. The zero-order valence-corrected chi connectivity index (χ0v) is 11.0. The normalized spacial score (nSPS) is 28.8. The van der Waals surface area contributed by atoms with Gasteiger partial charge >= 0.3 is 5.97 Å². The first-order valence-corrected chi connectivity index (χ1v) is 6.31. The lowest BCUT2D eigenvalue weighted by molar-refractivity contribution is -0.155. The van der Waals surface area contributed by atoms with Gasteiger partial charge < -0.3 is 14.4 Å². The molecule has 0 N–H and O–H groups in total. The van der Waals surface area contributed by atoms with E-state index >= 15 is 0 Å². The van der Waals surface area contributed by atoms with E-state index in [1.165, 1.54) is 13.0 Å². The minimum absolute atomic E-state index is 0.0763. The number of nitriles is 1.